The number of methoxy groups -OCH3 is 1. The van der Waals surface area contributed by atoms with Crippen LogP contribution >= 0.6 is 47.0 Å². The Bertz CT molecular complexity index is 662. The van der Waals surface area contributed by atoms with Crippen molar-refractivity contribution >= 4 is 63.5 Å². The maximum Gasteiger partial charge on any atom is 0.175 e. The first-order valence-electron chi connectivity index (χ1n) is 5.86. The van der Waals surface area contributed by atoms with Gasteiger partial charge in [-0.1, -0.05) is 34.8 Å². The SMILES string of the molecule is COc1ccc(NC(=S)Nc2cc(Cl)c(Cl)cc2Cl)cc1. The van der Waals surface area contributed by atoms with Crippen LogP contribution in [0.4, 0.5) is 11.4 Å². The highest BCUT2D eigenvalue weighted by Crippen LogP contribution is 2.32. The van der Waals surface area contributed by atoms with Crippen LogP contribution in [0.5, 0.6) is 5.75 Å². The second-order valence-electron chi connectivity index (χ2n) is 4.05. The van der Waals surface area contributed by atoms with Gasteiger partial charge in [-0.2, -0.15) is 0 Å². The molecule has 0 atom stereocenters. The zero-order valence-corrected chi connectivity index (χ0v) is 14.0. The van der Waals surface area contributed by atoms with E-state index in [1.807, 2.05) is 24.3 Å². The van der Waals surface area contributed by atoms with Crippen molar-refractivity contribution in [2.45, 2.75) is 0 Å². The highest BCUT2D eigenvalue weighted by molar-refractivity contribution is 7.80. The van der Waals surface area contributed by atoms with Gasteiger partial charge in [0.1, 0.15) is 5.75 Å². The summed E-state index contributed by atoms with van der Waals surface area (Å²) in [6.07, 6.45) is 0. The van der Waals surface area contributed by atoms with Crippen molar-refractivity contribution in [2.75, 3.05) is 17.7 Å². The Morgan fingerprint density at radius 1 is 0.952 bits per heavy atom. The third-order valence-corrected chi connectivity index (χ3v) is 3.85. The molecule has 0 saturated heterocycles. The molecule has 2 aromatic rings. The summed E-state index contributed by atoms with van der Waals surface area (Å²) in [5.41, 5.74) is 1.40. The van der Waals surface area contributed by atoms with E-state index in [4.69, 9.17) is 51.8 Å². The quantitative estimate of drug-likeness (QED) is 0.561. The topological polar surface area (TPSA) is 33.3 Å². The molecule has 0 aliphatic heterocycles. The van der Waals surface area contributed by atoms with Crippen LogP contribution in [-0.2, 0) is 0 Å². The van der Waals surface area contributed by atoms with E-state index in [2.05, 4.69) is 10.6 Å². The van der Waals surface area contributed by atoms with Crippen molar-refractivity contribution < 1.29 is 4.74 Å². The van der Waals surface area contributed by atoms with Crippen molar-refractivity contribution in [2.24, 2.45) is 0 Å². The number of thiocarbonyl (C=S) groups is 1. The molecule has 0 aliphatic carbocycles. The van der Waals surface area contributed by atoms with Crippen molar-refractivity contribution in [3.8, 4) is 5.75 Å². The van der Waals surface area contributed by atoms with E-state index in [0.717, 1.165) is 11.4 Å². The smallest absolute Gasteiger partial charge is 0.175 e. The molecule has 3 nitrogen and oxygen atoms in total. The summed E-state index contributed by atoms with van der Waals surface area (Å²) in [4.78, 5) is 0. The summed E-state index contributed by atoms with van der Waals surface area (Å²) in [7, 11) is 1.61. The highest BCUT2D eigenvalue weighted by atomic mass is 35.5. The maximum absolute atomic E-state index is 6.08. The molecule has 0 radical (unpaired) electrons. The van der Waals surface area contributed by atoms with Gasteiger partial charge >= 0.3 is 0 Å². The number of nitrogens with one attached hydrogen (secondary N) is 2. The Morgan fingerprint density at radius 3 is 2.19 bits per heavy atom. The first-order chi connectivity index (χ1) is 9.99. The predicted molar refractivity (Wildman–Crippen MR) is 94.3 cm³/mol. The normalized spacial score (nSPS) is 10.1. The van der Waals surface area contributed by atoms with E-state index in [-0.39, 0.29) is 0 Å². The fraction of sp³-hybridized carbons (Fsp3) is 0.0714. The standard InChI is InChI=1S/C14H11Cl3N2OS/c1-20-9-4-2-8(3-5-9)18-14(21)19-13-7-11(16)10(15)6-12(13)17/h2-7H,1H3,(H2,18,19,21). The summed E-state index contributed by atoms with van der Waals surface area (Å²) >= 11 is 23.1. The zero-order valence-electron chi connectivity index (χ0n) is 10.9. The molecule has 21 heavy (non-hydrogen) atoms. The van der Waals surface area contributed by atoms with Gasteiger partial charge < -0.3 is 15.4 Å². The molecule has 7 heteroatoms. The molecule has 110 valence electrons. The van der Waals surface area contributed by atoms with Gasteiger partial charge in [0.2, 0.25) is 0 Å². The van der Waals surface area contributed by atoms with E-state index in [9.17, 15) is 0 Å². The number of benzene rings is 2. The molecule has 2 aromatic carbocycles. The van der Waals surface area contributed by atoms with Crippen molar-refractivity contribution in [1.82, 2.24) is 0 Å². The lowest BCUT2D eigenvalue weighted by Gasteiger charge is -2.13. The Labute approximate surface area is 143 Å². The summed E-state index contributed by atoms with van der Waals surface area (Å²) in [5.74, 6) is 0.770. The zero-order chi connectivity index (χ0) is 15.4. The van der Waals surface area contributed by atoms with E-state index < -0.39 is 0 Å². The molecular formula is C14H11Cl3N2OS. The fourth-order valence-electron chi connectivity index (χ4n) is 1.58. The second-order valence-corrected chi connectivity index (χ2v) is 5.68. The van der Waals surface area contributed by atoms with Crippen molar-refractivity contribution in [3.05, 3.63) is 51.5 Å². The molecule has 0 aliphatic rings. The molecule has 0 heterocycles. The van der Waals surface area contributed by atoms with Crippen LogP contribution < -0.4 is 15.4 Å². The molecule has 2 N–H and O–H groups in total. The average Bonchev–Trinajstić information content (AvgIpc) is 2.45. The van der Waals surface area contributed by atoms with Crippen LogP contribution in [0, 0.1) is 0 Å². The van der Waals surface area contributed by atoms with Crippen LogP contribution in [-0.4, -0.2) is 12.2 Å². The van der Waals surface area contributed by atoms with Gasteiger partial charge in [0, 0.05) is 5.69 Å². The minimum Gasteiger partial charge on any atom is -0.497 e. The molecule has 0 fully saturated rings. The fourth-order valence-corrected chi connectivity index (χ4v) is 2.40. The lowest BCUT2D eigenvalue weighted by Crippen LogP contribution is -2.19. The maximum atomic E-state index is 6.08. The predicted octanol–water partition coefficient (Wildman–Crippen LogP) is 5.46. The Kier molecular flexibility index (Phi) is 5.53. The number of hydrogen-bond donors (Lipinski definition) is 2. The van der Waals surface area contributed by atoms with E-state index in [1.165, 1.54) is 0 Å². The molecule has 0 bridgehead atoms. The average molecular weight is 362 g/mol. The lowest BCUT2D eigenvalue weighted by molar-refractivity contribution is 0.415. The van der Waals surface area contributed by atoms with Crippen LogP contribution in [0.1, 0.15) is 0 Å². The molecule has 0 amide bonds. The van der Waals surface area contributed by atoms with Crippen LogP contribution in [0.15, 0.2) is 36.4 Å². The monoisotopic (exact) mass is 360 g/mol. The number of hydrogen-bond acceptors (Lipinski definition) is 2. The van der Waals surface area contributed by atoms with Gasteiger partial charge in [0.25, 0.3) is 0 Å². The van der Waals surface area contributed by atoms with E-state index in [1.54, 1.807) is 19.2 Å². The lowest BCUT2D eigenvalue weighted by atomic mass is 10.3. The first kappa shape index (κ1) is 16.2. The van der Waals surface area contributed by atoms with Gasteiger partial charge in [0.05, 0.1) is 27.9 Å². The number of halogens is 3. The van der Waals surface area contributed by atoms with Gasteiger partial charge in [-0.3, -0.25) is 0 Å². The third kappa shape index (κ3) is 4.38. The molecule has 0 saturated carbocycles. The number of rotatable bonds is 3. The second kappa shape index (κ2) is 7.18. The summed E-state index contributed by atoms with van der Waals surface area (Å²) < 4.78 is 5.09. The Morgan fingerprint density at radius 2 is 1.57 bits per heavy atom. The third-order valence-electron chi connectivity index (χ3n) is 2.61. The van der Waals surface area contributed by atoms with Gasteiger partial charge in [-0.15, -0.1) is 0 Å². The van der Waals surface area contributed by atoms with Crippen LogP contribution in [0.25, 0.3) is 0 Å². The largest absolute Gasteiger partial charge is 0.497 e. The number of ether oxygens (including phenoxy) is 1. The minimum absolute atomic E-state index is 0.389. The molecule has 0 unspecified atom stereocenters. The Hall–Kier alpha value is -1.20. The number of anilines is 2. The van der Waals surface area contributed by atoms with Crippen LogP contribution in [0.2, 0.25) is 15.1 Å². The van der Waals surface area contributed by atoms with Gasteiger partial charge in [-0.05, 0) is 48.6 Å². The first-order valence-corrected chi connectivity index (χ1v) is 7.40. The molecule has 0 spiro atoms. The molecular weight excluding hydrogens is 351 g/mol. The van der Waals surface area contributed by atoms with E-state index >= 15 is 0 Å². The Balaban J connectivity index is 2.06. The van der Waals surface area contributed by atoms with Crippen molar-refractivity contribution in [1.29, 1.82) is 0 Å². The van der Waals surface area contributed by atoms with Crippen LogP contribution in [0.3, 0.4) is 0 Å². The summed E-state index contributed by atoms with van der Waals surface area (Å²) in [6.45, 7) is 0. The van der Waals surface area contributed by atoms with Crippen molar-refractivity contribution in [3.63, 3.8) is 0 Å². The minimum atomic E-state index is 0.389. The molecule has 2 rings (SSSR count). The van der Waals surface area contributed by atoms with Gasteiger partial charge in [-0.25, -0.2) is 0 Å². The van der Waals surface area contributed by atoms with E-state index in [0.29, 0.717) is 25.9 Å². The van der Waals surface area contributed by atoms with Gasteiger partial charge in [0.15, 0.2) is 5.11 Å². The highest BCUT2D eigenvalue weighted by Gasteiger charge is 2.07. The molecule has 0 aromatic heterocycles. The summed E-state index contributed by atoms with van der Waals surface area (Å²) in [5, 5.41) is 7.61. The summed E-state index contributed by atoms with van der Waals surface area (Å²) in [6, 6.07) is 10.5.